The van der Waals surface area contributed by atoms with Crippen molar-refractivity contribution in [2.24, 2.45) is 0 Å². The lowest BCUT2D eigenvalue weighted by atomic mass is 9.96. The third kappa shape index (κ3) is 2.75. The van der Waals surface area contributed by atoms with Crippen LogP contribution in [0.15, 0.2) is 18.2 Å². The molecule has 8 nitrogen and oxygen atoms in total. The average molecular weight is 330 g/mol. The molecule has 0 aliphatic carbocycles. The van der Waals surface area contributed by atoms with E-state index in [0.29, 0.717) is 30.3 Å². The van der Waals surface area contributed by atoms with E-state index in [2.05, 4.69) is 10.2 Å². The first-order valence-corrected chi connectivity index (χ1v) is 7.99. The predicted octanol–water partition coefficient (Wildman–Crippen LogP) is 2.44. The summed E-state index contributed by atoms with van der Waals surface area (Å²) in [6.07, 6.45) is 2.77. The third-order valence-corrected chi connectivity index (χ3v) is 4.44. The van der Waals surface area contributed by atoms with Crippen LogP contribution in [-0.2, 0) is 4.79 Å². The minimum Gasteiger partial charge on any atom is -0.327 e. The Bertz CT molecular complexity index is 814. The fraction of sp³-hybridized carbons (Fsp3) is 0.438. The molecule has 126 valence electrons. The Labute approximate surface area is 138 Å². The monoisotopic (exact) mass is 330 g/mol. The molecule has 1 aromatic heterocycles. The van der Waals surface area contributed by atoms with Gasteiger partial charge >= 0.3 is 0 Å². The number of nitrogens with one attached hydrogen (secondary N) is 1. The maximum Gasteiger partial charge on any atom is 0.275 e. The Morgan fingerprint density at radius 2 is 2.21 bits per heavy atom. The van der Waals surface area contributed by atoms with Crippen LogP contribution in [0.4, 0.5) is 5.69 Å². The van der Waals surface area contributed by atoms with E-state index in [1.807, 2.05) is 0 Å². The SMILES string of the molecule is CCC(=O)[C@H]1CCCCN1C(=O)c1n[nH]c2ccc([N+](=O)[O-])cc12. The van der Waals surface area contributed by atoms with Crippen molar-refractivity contribution in [2.75, 3.05) is 6.54 Å². The minimum absolute atomic E-state index is 0.0360. The van der Waals surface area contributed by atoms with Crippen LogP contribution in [0.3, 0.4) is 0 Å². The molecule has 0 unspecified atom stereocenters. The minimum atomic E-state index is -0.509. The summed E-state index contributed by atoms with van der Waals surface area (Å²) >= 11 is 0. The molecule has 8 heteroatoms. The number of benzene rings is 1. The second kappa shape index (κ2) is 6.38. The summed E-state index contributed by atoms with van der Waals surface area (Å²) in [4.78, 5) is 37.1. The van der Waals surface area contributed by atoms with Crippen LogP contribution in [-0.4, -0.2) is 44.3 Å². The van der Waals surface area contributed by atoms with Crippen LogP contribution in [0.2, 0.25) is 0 Å². The molecular formula is C16H18N4O4. The number of Topliss-reactive ketones (excluding diaryl/α,β-unsaturated/α-hetero) is 1. The van der Waals surface area contributed by atoms with Gasteiger partial charge in [0, 0.05) is 30.5 Å². The summed E-state index contributed by atoms with van der Waals surface area (Å²) in [7, 11) is 0. The number of rotatable bonds is 4. The van der Waals surface area contributed by atoms with Crippen molar-refractivity contribution >= 4 is 28.3 Å². The largest absolute Gasteiger partial charge is 0.327 e. The summed E-state index contributed by atoms with van der Waals surface area (Å²) in [5.41, 5.74) is 0.585. The van der Waals surface area contributed by atoms with Gasteiger partial charge < -0.3 is 4.90 Å². The topological polar surface area (TPSA) is 109 Å². The van der Waals surface area contributed by atoms with Crippen molar-refractivity contribution in [3.63, 3.8) is 0 Å². The molecule has 1 N–H and O–H groups in total. The van der Waals surface area contributed by atoms with Gasteiger partial charge in [0.2, 0.25) is 0 Å². The molecule has 3 rings (SSSR count). The van der Waals surface area contributed by atoms with Crippen LogP contribution in [0.1, 0.15) is 43.1 Å². The molecule has 0 saturated carbocycles. The zero-order valence-electron chi connectivity index (χ0n) is 13.3. The first-order chi connectivity index (χ1) is 11.5. The lowest BCUT2D eigenvalue weighted by Gasteiger charge is -2.34. The molecule has 1 aliphatic heterocycles. The Balaban J connectivity index is 1.99. The van der Waals surface area contributed by atoms with E-state index in [1.165, 1.54) is 18.2 Å². The summed E-state index contributed by atoms with van der Waals surface area (Å²) in [6, 6.07) is 3.80. The summed E-state index contributed by atoms with van der Waals surface area (Å²) < 4.78 is 0. The summed E-state index contributed by atoms with van der Waals surface area (Å²) in [5, 5.41) is 18.1. The van der Waals surface area contributed by atoms with Crippen molar-refractivity contribution in [3.05, 3.63) is 34.0 Å². The van der Waals surface area contributed by atoms with E-state index in [0.717, 1.165) is 12.8 Å². The summed E-state index contributed by atoms with van der Waals surface area (Å²) in [5.74, 6) is -0.317. The third-order valence-electron chi connectivity index (χ3n) is 4.44. The molecule has 2 aromatic rings. The van der Waals surface area contributed by atoms with E-state index >= 15 is 0 Å². The number of nitro benzene ring substituents is 1. The first-order valence-electron chi connectivity index (χ1n) is 7.99. The number of H-pyrrole nitrogens is 1. The number of aromatic amines is 1. The molecular weight excluding hydrogens is 312 g/mol. The maximum atomic E-state index is 12.9. The molecule has 2 heterocycles. The number of hydrogen-bond donors (Lipinski definition) is 1. The van der Waals surface area contributed by atoms with E-state index in [9.17, 15) is 19.7 Å². The smallest absolute Gasteiger partial charge is 0.275 e. The van der Waals surface area contributed by atoms with Crippen LogP contribution in [0, 0.1) is 10.1 Å². The number of amides is 1. The van der Waals surface area contributed by atoms with Crippen molar-refractivity contribution in [1.82, 2.24) is 15.1 Å². The zero-order chi connectivity index (χ0) is 17.3. The quantitative estimate of drug-likeness (QED) is 0.684. The lowest BCUT2D eigenvalue weighted by molar-refractivity contribution is -0.384. The van der Waals surface area contributed by atoms with E-state index in [1.54, 1.807) is 11.8 Å². The molecule has 1 aliphatic rings. The average Bonchev–Trinajstić information content (AvgIpc) is 3.03. The first kappa shape index (κ1) is 16.1. The number of carbonyl (C=O) groups is 2. The number of aromatic nitrogens is 2. The van der Waals surface area contributed by atoms with Crippen molar-refractivity contribution in [1.29, 1.82) is 0 Å². The fourth-order valence-electron chi connectivity index (χ4n) is 3.16. The molecule has 1 amide bonds. The van der Waals surface area contributed by atoms with Crippen LogP contribution in [0.5, 0.6) is 0 Å². The Morgan fingerprint density at radius 3 is 2.92 bits per heavy atom. The predicted molar refractivity (Wildman–Crippen MR) is 86.7 cm³/mol. The number of fused-ring (bicyclic) bond motifs is 1. The molecule has 24 heavy (non-hydrogen) atoms. The number of hydrogen-bond acceptors (Lipinski definition) is 5. The molecule has 1 atom stereocenters. The van der Waals surface area contributed by atoms with Gasteiger partial charge in [-0.05, 0) is 25.3 Å². The number of nitro groups is 1. The fourth-order valence-corrected chi connectivity index (χ4v) is 3.16. The van der Waals surface area contributed by atoms with Gasteiger partial charge in [-0.1, -0.05) is 6.92 Å². The highest BCUT2D eigenvalue weighted by molar-refractivity contribution is 6.06. The van der Waals surface area contributed by atoms with Gasteiger partial charge in [-0.25, -0.2) is 0 Å². The van der Waals surface area contributed by atoms with Gasteiger partial charge in [-0.2, -0.15) is 5.10 Å². The Morgan fingerprint density at radius 1 is 1.42 bits per heavy atom. The number of likely N-dealkylation sites (tertiary alicyclic amines) is 1. The van der Waals surface area contributed by atoms with Crippen molar-refractivity contribution < 1.29 is 14.5 Å². The molecule has 0 radical (unpaired) electrons. The molecule has 0 bridgehead atoms. The molecule has 1 aromatic carbocycles. The molecule has 1 fully saturated rings. The van der Waals surface area contributed by atoms with Gasteiger partial charge in [0.1, 0.15) is 0 Å². The number of non-ortho nitro benzene ring substituents is 1. The highest BCUT2D eigenvalue weighted by Crippen LogP contribution is 2.26. The van der Waals surface area contributed by atoms with Crippen molar-refractivity contribution in [2.45, 2.75) is 38.6 Å². The van der Waals surface area contributed by atoms with Gasteiger partial charge in [0.25, 0.3) is 11.6 Å². The van der Waals surface area contributed by atoms with Crippen LogP contribution < -0.4 is 0 Å². The van der Waals surface area contributed by atoms with E-state index in [-0.39, 0.29) is 23.1 Å². The number of piperidine rings is 1. The number of ketones is 1. The Kier molecular flexibility index (Phi) is 4.28. The zero-order valence-corrected chi connectivity index (χ0v) is 13.3. The van der Waals surface area contributed by atoms with Crippen LogP contribution >= 0.6 is 0 Å². The highest BCUT2D eigenvalue weighted by atomic mass is 16.6. The number of nitrogens with zero attached hydrogens (tertiary/aromatic N) is 3. The second-order valence-electron chi connectivity index (χ2n) is 5.89. The van der Waals surface area contributed by atoms with Gasteiger partial charge in [0.15, 0.2) is 11.5 Å². The highest BCUT2D eigenvalue weighted by Gasteiger charge is 2.33. The van der Waals surface area contributed by atoms with Crippen molar-refractivity contribution in [3.8, 4) is 0 Å². The van der Waals surface area contributed by atoms with E-state index < -0.39 is 11.0 Å². The Hall–Kier alpha value is -2.77. The normalized spacial score (nSPS) is 17.9. The van der Waals surface area contributed by atoms with Gasteiger partial charge in [-0.3, -0.25) is 24.8 Å². The number of carbonyl (C=O) groups excluding carboxylic acids is 2. The summed E-state index contributed by atoms with van der Waals surface area (Å²) in [6.45, 7) is 2.28. The van der Waals surface area contributed by atoms with E-state index in [4.69, 9.17) is 0 Å². The lowest BCUT2D eigenvalue weighted by Crippen LogP contribution is -2.48. The molecule has 0 spiro atoms. The standard InChI is InChI=1S/C16H18N4O4/c1-2-14(21)13-5-3-4-8-19(13)16(22)15-11-9-10(20(23)24)6-7-12(11)17-18-15/h6-7,9,13H,2-5,8H2,1H3,(H,17,18)/t13-/m1/s1. The maximum absolute atomic E-state index is 12.9. The van der Waals surface area contributed by atoms with Gasteiger partial charge in [-0.15, -0.1) is 0 Å². The second-order valence-corrected chi connectivity index (χ2v) is 5.89. The molecule has 1 saturated heterocycles. The van der Waals surface area contributed by atoms with Gasteiger partial charge in [0.05, 0.1) is 16.5 Å². The van der Waals surface area contributed by atoms with Crippen LogP contribution in [0.25, 0.3) is 10.9 Å².